The van der Waals surface area contributed by atoms with E-state index in [2.05, 4.69) is 15.6 Å². The van der Waals surface area contributed by atoms with Gasteiger partial charge in [0.1, 0.15) is 0 Å². The van der Waals surface area contributed by atoms with Crippen LogP contribution in [-0.4, -0.2) is 24.0 Å². The summed E-state index contributed by atoms with van der Waals surface area (Å²) >= 11 is 12.0. The maximum absolute atomic E-state index is 12.0. The number of aromatic nitrogens is 1. The number of amides is 1. The van der Waals surface area contributed by atoms with E-state index in [0.717, 1.165) is 31.5 Å². The Morgan fingerprint density at radius 2 is 2.05 bits per heavy atom. The van der Waals surface area contributed by atoms with Crippen molar-refractivity contribution in [3.63, 3.8) is 0 Å². The molecule has 1 amide bonds. The summed E-state index contributed by atoms with van der Waals surface area (Å²) in [6, 6.07) is 0. The molecule has 0 spiro atoms. The van der Waals surface area contributed by atoms with Gasteiger partial charge in [-0.1, -0.05) is 29.3 Å². The normalized spacial score (nSPS) is 15.6. The van der Waals surface area contributed by atoms with Gasteiger partial charge in [-0.3, -0.25) is 9.78 Å². The summed E-state index contributed by atoms with van der Waals surface area (Å²) in [7, 11) is 0. The maximum Gasteiger partial charge on any atom is 0.247 e. The van der Waals surface area contributed by atoms with Gasteiger partial charge >= 0.3 is 0 Å². The van der Waals surface area contributed by atoms with Crippen molar-refractivity contribution in [1.82, 2.24) is 15.6 Å². The average Bonchev–Trinajstić information content (AvgIpc) is 2.66. The van der Waals surface area contributed by atoms with Crippen molar-refractivity contribution in [3.8, 4) is 0 Å². The Balaban J connectivity index is 1.98. The highest BCUT2D eigenvalue weighted by molar-refractivity contribution is 6.35. The van der Waals surface area contributed by atoms with Crippen LogP contribution in [0.15, 0.2) is 24.0 Å². The molecule has 0 saturated heterocycles. The molecule has 0 fully saturated rings. The first-order chi connectivity index (χ1) is 9.18. The maximum atomic E-state index is 12.0. The Morgan fingerprint density at radius 3 is 2.79 bits per heavy atom. The summed E-state index contributed by atoms with van der Waals surface area (Å²) in [5.74, 6) is -0.0624. The summed E-state index contributed by atoms with van der Waals surface area (Å²) in [6.07, 6.45) is 6.63. The average molecular weight is 300 g/mol. The zero-order chi connectivity index (χ0) is 13.7. The molecule has 0 bridgehead atoms. The molecule has 2 rings (SSSR count). The number of nitrogens with one attached hydrogen (secondary N) is 2. The van der Waals surface area contributed by atoms with E-state index in [9.17, 15) is 4.79 Å². The third-order valence-corrected chi connectivity index (χ3v) is 3.60. The van der Waals surface area contributed by atoms with Crippen molar-refractivity contribution in [1.29, 1.82) is 0 Å². The Hall–Kier alpha value is -1.10. The lowest BCUT2D eigenvalue weighted by Gasteiger charge is -2.10. The number of carbonyl (C=O) groups excluding carboxylic acids is 1. The molecule has 102 valence electrons. The fourth-order valence-electron chi connectivity index (χ4n) is 1.89. The van der Waals surface area contributed by atoms with Crippen molar-refractivity contribution in [2.75, 3.05) is 13.1 Å². The first kappa shape index (κ1) is 14.3. The Bertz CT molecular complexity index is 482. The monoisotopic (exact) mass is 299 g/mol. The minimum Gasteiger partial charge on any atom is -0.348 e. The predicted octanol–water partition coefficient (Wildman–Crippen LogP) is 2.31. The molecule has 2 heterocycles. The van der Waals surface area contributed by atoms with E-state index in [4.69, 9.17) is 23.2 Å². The van der Waals surface area contributed by atoms with Crippen molar-refractivity contribution in [3.05, 3.63) is 39.7 Å². The van der Waals surface area contributed by atoms with Crippen LogP contribution in [0.1, 0.15) is 18.4 Å². The van der Waals surface area contributed by atoms with E-state index in [0.29, 0.717) is 22.2 Å². The van der Waals surface area contributed by atoms with Gasteiger partial charge in [-0.05, 0) is 25.9 Å². The molecular weight excluding hydrogens is 285 g/mol. The highest BCUT2D eigenvalue weighted by atomic mass is 35.5. The number of halogens is 2. The van der Waals surface area contributed by atoms with E-state index >= 15 is 0 Å². The van der Waals surface area contributed by atoms with Gasteiger partial charge in [-0.15, -0.1) is 0 Å². The summed E-state index contributed by atoms with van der Waals surface area (Å²) in [5, 5.41) is 7.01. The van der Waals surface area contributed by atoms with Crippen LogP contribution in [0.4, 0.5) is 0 Å². The number of rotatable bonds is 3. The van der Waals surface area contributed by atoms with Crippen LogP contribution in [-0.2, 0) is 11.3 Å². The number of carbonyl (C=O) groups is 1. The Morgan fingerprint density at radius 1 is 1.32 bits per heavy atom. The van der Waals surface area contributed by atoms with E-state index in [1.165, 1.54) is 12.4 Å². The quantitative estimate of drug-likeness (QED) is 0.900. The van der Waals surface area contributed by atoms with Gasteiger partial charge in [0.25, 0.3) is 0 Å². The molecule has 0 aromatic carbocycles. The smallest absolute Gasteiger partial charge is 0.247 e. The molecule has 19 heavy (non-hydrogen) atoms. The minimum absolute atomic E-state index is 0.0624. The van der Waals surface area contributed by atoms with E-state index in [-0.39, 0.29) is 5.91 Å². The predicted molar refractivity (Wildman–Crippen MR) is 76.3 cm³/mol. The SMILES string of the molecule is O=C(NCc1c(Cl)cncc1Cl)C1=CCCNCC1. The summed E-state index contributed by atoms with van der Waals surface area (Å²) in [4.78, 5) is 15.9. The number of nitrogens with zero attached hydrogens (tertiary/aromatic N) is 1. The van der Waals surface area contributed by atoms with E-state index < -0.39 is 0 Å². The molecule has 2 N–H and O–H groups in total. The van der Waals surface area contributed by atoms with Crippen LogP contribution in [0, 0.1) is 0 Å². The molecule has 6 heteroatoms. The second-order valence-electron chi connectivity index (χ2n) is 4.28. The highest BCUT2D eigenvalue weighted by Crippen LogP contribution is 2.22. The lowest BCUT2D eigenvalue weighted by atomic mass is 10.1. The molecule has 1 aromatic rings. The van der Waals surface area contributed by atoms with Crippen molar-refractivity contribution >= 4 is 29.1 Å². The molecule has 0 aliphatic carbocycles. The molecule has 4 nitrogen and oxygen atoms in total. The zero-order valence-electron chi connectivity index (χ0n) is 10.4. The zero-order valence-corrected chi connectivity index (χ0v) is 11.9. The van der Waals surface area contributed by atoms with Gasteiger partial charge in [-0.2, -0.15) is 0 Å². The van der Waals surface area contributed by atoms with Gasteiger partial charge in [0.2, 0.25) is 5.91 Å². The van der Waals surface area contributed by atoms with Crippen LogP contribution < -0.4 is 10.6 Å². The number of hydrogen-bond donors (Lipinski definition) is 2. The van der Waals surface area contributed by atoms with Gasteiger partial charge < -0.3 is 10.6 Å². The van der Waals surface area contributed by atoms with Crippen molar-refractivity contribution < 1.29 is 4.79 Å². The lowest BCUT2D eigenvalue weighted by Crippen LogP contribution is -2.25. The fourth-order valence-corrected chi connectivity index (χ4v) is 2.39. The molecular formula is C13H15Cl2N3O. The second kappa shape index (κ2) is 6.89. The molecule has 1 aliphatic heterocycles. The third-order valence-electron chi connectivity index (χ3n) is 2.95. The highest BCUT2D eigenvalue weighted by Gasteiger charge is 2.12. The van der Waals surface area contributed by atoms with E-state index in [1.807, 2.05) is 6.08 Å². The topological polar surface area (TPSA) is 54.0 Å². The Kier molecular flexibility index (Phi) is 5.19. The standard InChI is InChI=1S/C13H15Cl2N3O/c14-11-7-17-8-12(15)10(11)6-18-13(19)9-2-1-4-16-5-3-9/h2,7-8,16H,1,3-6H2,(H,18,19). The first-order valence-electron chi connectivity index (χ1n) is 6.14. The third kappa shape index (κ3) is 3.93. The van der Waals surface area contributed by atoms with Gasteiger partial charge in [0.15, 0.2) is 0 Å². The van der Waals surface area contributed by atoms with E-state index in [1.54, 1.807) is 0 Å². The van der Waals surface area contributed by atoms with Crippen LogP contribution in [0.25, 0.3) is 0 Å². The minimum atomic E-state index is -0.0624. The van der Waals surface area contributed by atoms with Crippen LogP contribution in [0.3, 0.4) is 0 Å². The number of hydrogen-bond acceptors (Lipinski definition) is 3. The number of pyridine rings is 1. The van der Waals surface area contributed by atoms with Gasteiger partial charge in [-0.25, -0.2) is 0 Å². The molecule has 0 radical (unpaired) electrons. The van der Waals surface area contributed by atoms with Crippen LogP contribution >= 0.6 is 23.2 Å². The molecule has 1 aromatic heterocycles. The molecule has 0 atom stereocenters. The molecule has 0 saturated carbocycles. The van der Waals surface area contributed by atoms with Crippen LogP contribution in [0.5, 0.6) is 0 Å². The van der Waals surface area contributed by atoms with Crippen LogP contribution in [0.2, 0.25) is 10.0 Å². The molecule has 0 unspecified atom stereocenters. The van der Waals surface area contributed by atoms with Crippen molar-refractivity contribution in [2.45, 2.75) is 19.4 Å². The van der Waals surface area contributed by atoms with Gasteiger partial charge in [0, 0.05) is 30.1 Å². The first-order valence-corrected chi connectivity index (χ1v) is 6.90. The second-order valence-corrected chi connectivity index (χ2v) is 5.10. The summed E-state index contributed by atoms with van der Waals surface area (Å²) < 4.78 is 0. The summed E-state index contributed by atoms with van der Waals surface area (Å²) in [5.41, 5.74) is 1.50. The summed E-state index contributed by atoms with van der Waals surface area (Å²) in [6.45, 7) is 2.05. The van der Waals surface area contributed by atoms with Crippen molar-refractivity contribution in [2.24, 2.45) is 0 Å². The Labute approximate surface area is 122 Å². The largest absolute Gasteiger partial charge is 0.348 e. The lowest BCUT2D eigenvalue weighted by molar-refractivity contribution is -0.117. The fraction of sp³-hybridized carbons (Fsp3) is 0.385. The molecule has 1 aliphatic rings. The van der Waals surface area contributed by atoms with Gasteiger partial charge in [0.05, 0.1) is 10.0 Å².